The summed E-state index contributed by atoms with van der Waals surface area (Å²) in [5, 5.41) is 0. The van der Waals surface area contributed by atoms with Crippen LogP contribution in [0.4, 0.5) is 14.5 Å². The first-order valence-electron chi connectivity index (χ1n) is 10.7. The number of hydrogen-bond donors (Lipinski definition) is 0. The number of alkyl halides is 2. The first-order valence-corrected chi connectivity index (χ1v) is 12.1. The van der Waals surface area contributed by atoms with E-state index in [2.05, 4.69) is 4.74 Å². The van der Waals surface area contributed by atoms with E-state index in [4.69, 9.17) is 0 Å². The summed E-state index contributed by atoms with van der Waals surface area (Å²) in [5.74, 6) is -0.178. The SMILES string of the molecule is Cc1cc(C(=O)N2CCCc3cc(S(=O)(=O)N4CCCC4)ccc32)cc(C)c1OC(F)F. The van der Waals surface area contributed by atoms with Crippen molar-refractivity contribution in [1.29, 1.82) is 0 Å². The van der Waals surface area contributed by atoms with Crippen LogP contribution in [0.15, 0.2) is 35.2 Å². The molecule has 0 N–H and O–H groups in total. The van der Waals surface area contributed by atoms with E-state index >= 15 is 0 Å². The highest BCUT2D eigenvalue weighted by Gasteiger charge is 2.30. The van der Waals surface area contributed by atoms with Crippen LogP contribution in [-0.2, 0) is 16.4 Å². The van der Waals surface area contributed by atoms with E-state index < -0.39 is 16.6 Å². The summed E-state index contributed by atoms with van der Waals surface area (Å²) in [7, 11) is -3.53. The van der Waals surface area contributed by atoms with Crippen LogP contribution in [0.2, 0.25) is 0 Å². The first-order chi connectivity index (χ1) is 15.2. The third-order valence-corrected chi connectivity index (χ3v) is 7.93. The van der Waals surface area contributed by atoms with Crippen molar-refractivity contribution >= 4 is 21.6 Å². The predicted molar refractivity (Wildman–Crippen MR) is 117 cm³/mol. The van der Waals surface area contributed by atoms with E-state index in [1.165, 1.54) is 4.31 Å². The molecule has 2 aromatic rings. The minimum Gasteiger partial charge on any atom is -0.434 e. The van der Waals surface area contributed by atoms with Gasteiger partial charge in [-0.3, -0.25) is 4.79 Å². The van der Waals surface area contributed by atoms with Crippen molar-refractivity contribution in [3.63, 3.8) is 0 Å². The molecule has 0 radical (unpaired) electrons. The Balaban J connectivity index is 1.64. The molecule has 2 aliphatic rings. The van der Waals surface area contributed by atoms with Crippen LogP contribution in [0.3, 0.4) is 0 Å². The summed E-state index contributed by atoms with van der Waals surface area (Å²) < 4.78 is 57.3. The number of carbonyl (C=O) groups excluding carboxylic acids is 1. The third-order valence-electron chi connectivity index (χ3n) is 6.03. The average molecular weight is 465 g/mol. The van der Waals surface area contributed by atoms with Crippen molar-refractivity contribution in [2.24, 2.45) is 0 Å². The largest absolute Gasteiger partial charge is 0.434 e. The Hall–Kier alpha value is -2.52. The number of nitrogens with zero attached hydrogens (tertiary/aromatic N) is 2. The van der Waals surface area contributed by atoms with E-state index in [9.17, 15) is 22.0 Å². The number of amides is 1. The molecule has 0 aromatic heterocycles. The molecule has 0 atom stereocenters. The molecule has 32 heavy (non-hydrogen) atoms. The number of aryl methyl sites for hydroxylation is 3. The monoisotopic (exact) mass is 464 g/mol. The lowest BCUT2D eigenvalue weighted by molar-refractivity contribution is -0.0507. The fourth-order valence-corrected chi connectivity index (χ4v) is 6.10. The summed E-state index contributed by atoms with van der Waals surface area (Å²) in [6, 6.07) is 8.04. The second-order valence-corrected chi connectivity index (χ2v) is 10.2. The average Bonchev–Trinajstić information content (AvgIpc) is 3.30. The molecular formula is C23H26F2N2O4S. The highest BCUT2D eigenvalue weighted by Crippen LogP contribution is 2.33. The predicted octanol–water partition coefficient (Wildman–Crippen LogP) is 4.28. The van der Waals surface area contributed by atoms with Crippen molar-refractivity contribution in [2.75, 3.05) is 24.5 Å². The molecule has 172 valence electrons. The van der Waals surface area contributed by atoms with Gasteiger partial charge in [-0.05, 0) is 86.6 Å². The van der Waals surface area contributed by atoms with Gasteiger partial charge in [-0.15, -0.1) is 0 Å². The molecule has 0 unspecified atom stereocenters. The van der Waals surface area contributed by atoms with Gasteiger partial charge in [0, 0.05) is 30.9 Å². The van der Waals surface area contributed by atoms with E-state index in [0.29, 0.717) is 54.9 Å². The molecular weight excluding hydrogens is 438 g/mol. The van der Waals surface area contributed by atoms with Crippen LogP contribution in [-0.4, -0.2) is 44.9 Å². The molecule has 0 bridgehead atoms. The maximum absolute atomic E-state index is 13.3. The minimum absolute atomic E-state index is 0.0763. The van der Waals surface area contributed by atoms with Crippen LogP contribution in [0.5, 0.6) is 5.75 Å². The fraction of sp³-hybridized carbons (Fsp3) is 0.435. The minimum atomic E-state index is -3.53. The van der Waals surface area contributed by atoms with Gasteiger partial charge >= 0.3 is 6.61 Å². The molecule has 6 nitrogen and oxygen atoms in total. The highest BCUT2D eigenvalue weighted by molar-refractivity contribution is 7.89. The molecule has 2 aliphatic heterocycles. The van der Waals surface area contributed by atoms with Crippen molar-refractivity contribution in [1.82, 2.24) is 4.31 Å². The van der Waals surface area contributed by atoms with E-state index in [1.807, 2.05) is 0 Å². The zero-order chi connectivity index (χ0) is 23.0. The number of hydrogen-bond acceptors (Lipinski definition) is 4. The quantitative estimate of drug-likeness (QED) is 0.663. The Morgan fingerprint density at radius 3 is 2.28 bits per heavy atom. The first kappa shape index (κ1) is 22.7. The Labute approximate surface area is 186 Å². The zero-order valence-corrected chi connectivity index (χ0v) is 18.9. The Morgan fingerprint density at radius 2 is 1.66 bits per heavy atom. The number of sulfonamides is 1. The number of rotatable bonds is 5. The number of fused-ring (bicyclic) bond motifs is 1. The molecule has 1 amide bonds. The topological polar surface area (TPSA) is 66.9 Å². The molecule has 0 spiro atoms. The Kier molecular flexibility index (Phi) is 6.22. The number of benzene rings is 2. The lowest BCUT2D eigenvalue weighted by atomic mass is 9.99. The van der Waals surface area contributed by atoms with Gasteiger partial charge < -0.3 is 9.64 Å². The zero-order valence-electron chi connectivity index (χ0n) is 18.1. The van der Waals surface area contributed by atoms with Crippen molar-refractivity contribution in [2.45, 2.75) is 51.0 Å². The maximum atomic E-state index is 13.3. The van der Waals surface area contributed by atoms with Crippen LogP contribution >= 0.6 is 0 Å². The summed E-state index contributed by atoms with van der Waals surface area (Å²) in [4.78, 5) is 15.2. The maximum Gasteiger partial charge on any atom is 0.387 e. The highest BCUT2D eigenvalue weighted by atomic mass is 32.2. The van der Waals surface area contributed by atoms with E-state index in [1.54, 1.807) is 49.1 Å². The van der Waals surface area contributed by atoms with Gasteiger partial charge in [-0.25, -0.2) is 8.42 Å². The lowest BCUT2D eigenvalue weighted by Crippen LogP contribution is -2.36. The van der Waals surface area contributed by atoms with Gasteiger partial charge in [0.25, 0.3) is 5.91 Å². The number of halogens is 2. The van der Waals surface area contributed by atoms with Gasteiger partial charge in [0.2, 0.25) is 10.0 Å². The smallest absolute Gasteiger partial charge is 0.387 e. The number of ether oxygens (including phenoxy) is 1. The van der Waals surface area contributed by atoms with Gasteiger partial charge in [0.1, 0.15) is 5.75 Å². The molecule has 2 aromatic carbocycles. The molecule has 0 aliphatic carbocycles. The number of carbonyl (C=O) groups is 1. The third kappa shape index (κ3) is 4.23. The van der Waals surface area contributed by atoms with Gasteiger partial charge in [0.15, 0.2) is 0 Å². The van der Waals surface area contributed by atoms with Crippen LogP contribution in [0, 0.1) is 13.8 Å². The van der Waals surface area contributed by atoms with Gasteiger partial charge in [0.05, 0.1) is 4.90 Å². The van der Waals surface area contributed by atoms with Crippen LogP contribution < -0.4 is 9.64 Å². The fourth-order valence-electron chi connectivity index (χ4n) is 4.53. The van der Waals surface area contributed by atoms with E-state index in [-0.39, 0.29) is 16.6 Å². The Bertz CT molecular complexity index is 1120. The normalized spacial score (nSPS) is 17.0. The van der Waals surface area contributed by atoms with Gasteiger partial charge in [-0.1, -0.05) is 0 Å². The lowest BCUT2D eigenvalue weighted by Gasteiger charge is -2.30. The summed E-state index contributed by atoms with van der Waals surface area (Å²) >= 11 is 0. The van der Waals surface area contributed by atoms with Crippen LogP contribution in [0.1, 0.15) is 46.3 Å². The van der Waals surface area contributed by atoms with Crippen molar-refractivity contribution in [3.8, 4) is 5.75 Å². The molecule has 2 heterocycles. The molecule has 9 heteroatoms. The van der Waals surface area contributed by atoms with Gasteiger partial charge in [-0.2, -0.15) is 13.1 Å². The summed E-state index contributed by atoms with van der Waals surface area (Å²) in [6.45, 7) is 1.88. The standard InChI is InChI=1S/C23H26F2N2O4S/c1-15-12-18(13-16(2)21(15)31-23(24)25)22(28)27-11-5-6-17-14-19(7-8-20(17)27)32(29,30)26-9-3-4-10-26/h7-8,12-14,23H,3-6,9-11H2,1-2H3. The molecule has 4 rings (SSSR count). The number of anilines is 1. The molecule has 0 saturated carbocycles. The second-order valence-electron chi connectivity index (χ2n) is 8.28. The van der Waals surface area contributed by atoms with Crippen LogP contribution in [0.25, 0.3) is 0 Å². The molecule has 1 fully saturated rings. The second kappa shape index (κ2) is 8.78. The summed E-state index contributed by atoms with van der Waals surface area (Å²) in [5.41, 5.74) is 2.79. The summed E-state index contributed by atoms with van der Waals surface area (Å²) in [6.07, 6.45) is 3.12. The van der Waals surface area contributed by atoms with E-state index in [0.717, 1.165) is 18.4 Å². The van der Waals surface area contributed by atoms with Crippen molar-refractivity contribution in [3.05, 3.63) is 52.6 Å². The Morgan fingerprint density at radius 1 is 1.00 bits per heavy atom. The molecule has 1 saturated heterocycles. The van der Waals surface area contributed by atoms with Crippen molar-refractivity contribution < 1.29 is 26.7 Å².